The van der Waals surface area contributed by atoms with Crippen LogP contribution in [0.25, 0.3) is 0 Å². The zero-order valence-electron chi connectivity index (χ0n) is 20.8. The molecule has 3 heteroatoms. The summed E-state index contributed by atoms with van der Waals surface area (Å²) in [6, 6.07) is 1.24. The van der Waals surface area contributed by atoms with E-state index in [4.69, 9.17) is 0 Å². The van der Waals surface area contributed by atoms with E-state index in [2.05, 4.69) is 56.6 Å². The first-order valence-electron chi connectivity index (χ1n) is 12.6. The van der Waals surface area contributed by atoms with E-state index in [0.29, 0.717) is 30.3 Å². The van der Waals surface area contributed by atoms with Crippen LogP contribution in [-0.2, 0) is 0 Å². The van der Waals surface area contributed by atoms with Crippen LogP contribution in [0.15, 0.2) is 23.8 Å². The van der Waals surface area contributed by atoms with Crippen LogP contribution in [0.4, 0.5) is 0 Å². The van der Waals surface area contributed by atoms with Gasteiger partial charge in [-0.1, -0.05) is 37.1 Å². The van der Waals surface area contributed by atoms with Gasteiger partial charge in [-0.25, -0.2) is 0 Å². The van der Waals surface area contributed by atoms with Crippen LogP contribution in [0, 0.1) is 35.5 Å². The van der Waals surface area contributed by atoms with Gasteiger partial charge in [-0.05, 0) is 91.0 Å². The number of hydrogen-bond donors (Lipinski definition) is 2. The molecule has 2 aliphatic carbocycles. The van der Waals surface area contributed by atoms with Gasteiger partial charge in [0.1, 0.15) is 0 Å². The second kappa shape index (κ2) is 12.8. The number of aliphatic hydroxyl groups is 2. The highest BCUT2D eigenvalue weighted by Crippen LogP contribution is 2.48. The van der Waals surface area contributed by atoms with Crippen molar-refractivity contribution in [3.05, 3.63) is 23.8 Å². The van der Waals surface area contributed by atoms with E-state index in [1.54, 1.807) is 5.57 Å². The minimum Gasteiger partial charge on any atom is -0.392 e. The predicted octanol–water partition coefficient (Wildman–Crippen LogP) is 5.58. The molecule has 0 aromatic carbocycles. The Balaban J connectivity index is 1.77. The summed E-state index contributed by atoms with van der Waals surface area (Å²) in [5.74, 6) is 7.26. The first-order chi connectivity index (χ1) is 14.7. The summed E-state index contributed by atoms with van der Waals surface area (Å²) < 4.78 is 0. The molecule has 0 aliphatic heterocycles. The summed E-state index contributed by atoms with van der Waals surface area (Å²) in [7, 11) is 0. The van der Waals surface area contributed by atoms with Crippen LogP contribution in [0.2, 0.25) is 0 Å². The lowest BCUT2D eigenvalue weighted by atomic mass is 9.88. The van der Waals surface area contributed by atoms with Crippen molar-refractivity contribution in [3.63, 3.8) is 0 Å². The SMILES string of the molecule is CC#CC[C@@H](C)[C@H](O)C=C[C@@H]1[C@H]2CC(CCCCCN(C(C)C)C(C)C)=C[C@H]2C[C@H]1O. The molecular weight excluding hydrogens is 382 g/mol. The van der Waals surface area contributed by atoms with E-state index in [0.717, 1.165) is 12.8 Å². The Morgan fingerprint density at radius 3 is 2.48 bits per heavy atom. The van der Waals surface area contributed by atoms with Crippen molar-refractivity contribution in [2.24, 2.45) is 23.7 Å². The quantitative estimate of drug-likeness (QED) is 0.242. The molecule has 0 amide bonds. The first-order valence-corrected chi connectivity index (χ1v) is 12.6. The molecule has 3 nitrogen and oxygen atoms in total. The number of allylic oxidation sites excluding steroid dienone is 2. The van der Waals surface area contributed by atoms with E-state index < -0.39 is 6.10 Å². The van der Waals surface area contributed by atoms with Crippen molar-refractivity contribution < 1.29 is 10.2 Å². The van der Waals surface area contributed by atoms with E-state index in [-0.39, 0.29) is 17.9 Å². The Bertz CT molecular complexity index is 646. The molecule has 2 rings (SSSR count). The number of hydrogen-bond acceptors (Lipinski definition) is 3. The monoisotopic (exact) mass is 429 g/mol. The molecule has 176 valence electrons. The molecule has 0 saturated heterocycles. The largest absolute Gasteiger partial charge is 0.392 e. The van der Waals surface area contributed by atoms with Gasteiger partial charge in [-0.15, -0.1) is 11.8 Å². The molecule has 1 fully saturated rings. The third-order valence-corrected chi connectivity index (χ3v) is 7.41. The zero-order valence-corrected chi connectivity index (χ0v) is 20.8. The molecule has 1 saturated carbocycles. The number of unbranched alkanes of at least 4 members (excludes halogenated alkanes) is 2. The third-order valence-electron chi connectivity index (χ3n) is 7.41. The van der Waals surface area contributed by atoms with E-state index >= 15 is 0 Å². The molecular formula is C28H47NO2. The number of rotatable bonds is 12. The van der Waals surface area contributed by atoms with Crippen LogP contribution < -0.4 is 0 Å². The van der Waals surface area contributed by atoms with Crippen molar-refractivity contribution in [1.29, 1.82) is 0 Å². The average Bonchev–Trinajstić information content (AvgIpc) is 3.22. The summed E-state index contributed by atoms with van der Waals surface area (Å²) in [6.45, 7) is 14.2. The van der Waals surface area contributed by atoms with Crippen LogP contribution >= 0.6 is 0 Å². The lowest BCUT2D eigenvalue weighted by Crippen LogP contribution is -2.37. The molecule has 0 radical (unpaired) electrons. The average molecular weight is 430 g/mol. The van der Waals surface area contributed by atoms with Crippen LogP contribution in [0.1, 0.15) is 86.5 Å². The standard InChI is InChI=1S/C28H47NO2/c1-7-8-12-22(6)27(30)15-14-25-26-18-23(17-24(26)19-28(25)31)13-10-9-11-16-29(20(2)3)21(4)5/h14-15,17,20-22,24-28,30-31H,9-13,16,18-19H2,1-6H3/t22-,24+,25-,26+,27-,28-/m1/s1. The molecule has 0 unspecified atom stereocenters. The Hall–Kier alpha value is -1.08. The summed E-state index contributed by atoms with van der Waals surface area (Å²) in [5.41, 5.74) is 1.59. The minimum absolute atomic E-state index is 0.123. The van der Waals surface area contributed by atoms with Crippen molar-refractivity contribution >= 4 is 0 Å². The molecule has 0 spiro atoms. The van der Waals surface area contributed by atoms with Gasteiger partial charge in [-0.2, -0.15) is 0 Å². The third kappa shape index (κ3) is 7.77. The fourth-order valence-electron chi connectivity index (χ4n) is 5.54. The second-order valence-corrected chi connectivity index (χ2v) is 10.5. The van der Waals surface area contributed by atoms with Crippen molar-refractivity contribution in [2.75, 3.05) is 6.54 Å². The molecule has 31 heavy (non-hydrogen) atoms. The highest BCUT2D eigenvalue weighted by atomic mass is 16.3. The van der Waals surface area contributed by atoms with Crippen LogP contribution in [-0.4, -0.2) is 45.9 Å². The number of nitrogens with zero attached hydrogens (tertiary/aromatic N) is 1. The van der Waals surface area contributed by atoms with Gasteiger partial charge < -0.3 is 10.2 Å². The summed E-state index contributed by atoms with van der Waals surface area (Å²) in [6.07, 6.45) is 13.4. The van der Waals surface area contributed by atoms with Gasteiger partial charge >= 0.3 is 0 Å². The van der Waals surface area contributed by atoms with Gasteiger partial charge in [0.2, 0.25) is 0 Å². The molecule has 2 aliphatic rings. The Morgan fingerprint density at radius 1 is 1.13 bits per heavy atom. The fourth-order valence-corrected chi connectivity index (χ4v) is 5.54. The lowest BCUT2D eigenvalue weighted by Gasteiger charge is -2.30. The summed E-state index contributed by atoms with van der Waals surface area (Å²) in [5, 5.41) is 21.0. The van der Waals surface area contributed by atoms with Crippen molar-refractivity contribution in [3.8, 4) is 11.8 Å². The maximum Gasteiger partial charge on any atom is 0.0755 e. The normalized spacial score (nSPS) is 27.6. The molecule has 0 heterocycles. The van der Waals surface area contributed by atoms with Crippen molar-refractivity contribution in [1.82, 2.24) is 4.90 Å². The fraction of sp³-hybridized carbons (Fsp3) is 0.786. The molecule has 2 N–H and O–H groups in total. The summed E-state index contributed by atoms with van der Waals surface area (Å²) >= 11 is 0. The maximum atomic E-state index is 10.6. The highest BCUT2D eigenvalue weighted by Gasteiger charge is 2.43. The Labute approximate surface area is 192 Å². The molecule has 6 atom stereocenters. The topological polar surface area (TPSA) is 43.7 Å². The van der Waals surface area contributed by atoms with Crippen LogP contribution in [0.3, 0.4) is 0 Å². The predicted molar refractivity (Wildman–Crippen MR) is 132 cm³/mol. The second-order valence-electron chi connectivity index (χ2n) is 10.5. The van der Waals surface area contributed by atoms with Crippen molar-refractivity contribution in [2.45, 2.75) is 111 Å². The van der Waals surface area contributed by atoms with Gasteiger partial charge in [0, 0.05) is 24.4 Å². The minimum atomic E-state index is -0.489. The first kappa shape index (κ1) is 26.2. The zero-order chi connectivity index (χ0) is 23.0. The molecule has 0 bridgehead atoms. The van der Waals surface area contributed by atoms with E-state index in [1.165, 1.54) is 32.2 Å². The maximum absolute atomic E-state index is 10.6. The molecule has 0 aromatic heterocycles. The molecule has 0 aromatic rings. The Kier molecular flexibility index (Phi) is 10.8. The van der Waals surface area contributed by atoms with Gasteiger partial charge in [0.05, 0.1) is 12.2 Å². The van der Waals surface area contributed by atoms with Crippen LogP contribution in [0.5, 0.6) is 0 Å². The van der Waals surface area contributed by atoms with Gasteiger partial charge in [-0.3, -0.25) is 4.90 Å². The smallest absolute Gasteiger partial charge is 0.0755 e. The lowest BCUT2D eigenvalue weighted by molar-refractivity contribution is 0.137. The Morgan fingerprint density at radius 2 is 1.84 bits per heavy atom. The summed E-state index contributed by atoms with van der Waals surface area (Å²) in [4.78, 5) is 2.58. The number of fused-ring (bicyclic) bond motifs is 1. The number of aliphatic hydroxyl groups excluding tert-OH is 2. The van der Waals surface area contributed by atoms with Gasteiger partial charge in [0.25, 0.3) is 0 Å². The van der Waals surface area contributed by atoms with E-state index in [9.17, 15) is 10.2 Å². The van der Waals surface area contributed by atoms with Gasteiger partial charge in [0.15, 0.2) is 0 Å². The van der Waals surface area contributed by atoms with E-state index in [1.807, 2.05) is 19.9 Å². The highest BCUT2D eigenvalue weighted by molar-refractivity contribution is 5.21.